The molecule has 1 heterocycles. The fourth-order valence-electron chi connectivity index (χ4n) is 1.73. The van der Waals surface area contributed by atoms with Gasteiger partial charge in [0, 0.05) is 20.2 Å². The predicted octanol–water partition coefficient (Wildman–Crippen LogP) is 1.88. The Bertz CT molecular complexity index is 679. The van der Waals surface area contributed by atoms with E-state index in [1.165, 1.54) is 13.3 Å². The van der Waals surface area contributed by atoms with Crippen molar-refractivity contribution < 1.29 is 18.7 Å². The molecule has 1 aromatic carbocycles. The molecule has 2 aromatic rings. The fraction of sp³-hybridized carbons (Fsp3) is 0.250. The van der Waals surface area contributed by atoms with Crippen molar-refractivity contribution in [1.29, 1.82) is 0 Å². The first-order valence-corrected chi connectivity index (χ1v) is 6.95. The van der Waals surface area contributed by atoms with Crippen LogP contribution in [0.25, 0.3) is 0 Å². The molecule has 0 saturated carbocycles. The van der Waals surface area contributed by atoms with Crippen LogP contribution in [0.2, 0.25) is 0 Å². The van der Waals surface area contributed by atoms with E-state index in [0.29, 0.717) is 23.1 Å². The number of carbonyl (C=O) groups is 1. The number of hydrogen-bond donors (Lipinski definition) is 1. The van der Waals surface area contributed by atoms with Gasteiger partial charge in [-0.25, -0.2) is 5.43 Å². The Hall–Kier alpha value is -2.96. The first-order chi connectivity index (χ1) is 11.1. The Balaban J connectivity index is 1.81. The molecule has 1 N–H and O–H groups in total. The van der Waals surface area contributed by atoms with E-state index in [4.69, 9.17) is 13.9 Å². The second-order valence-electron chi connectivity index (χ2n) is 4.80. The molecule has 0 spiro atoms. The minimum absolute atomic E-state index is 0.168. The van der Waals surface area contributed by atoms with Crippen molar-refractivity contribution in [2.45, 2.75) is 0 Å². The molecular weight excluding hydrogens is 298 g/mol. The molecule has 0 radical (unpaired) electrons. The van der Waals surface area contributed by atoms with E-state index in [1.807, 2.05) is 31.1 Å². The monoisotopic (exact) mass is 317 g/mol. The number of carbonyl (C=O) groups excluding carboxylic acids is 1. The summed E-state index contributed by atoms with van der Waals surface area (Å²) in [6.07, 6.45) is 1.42. The minimum atomic E-state index is -0.383. The van der Waals surface area contributed by atoms with Crippen LogP contribution >= 0.6 is 0 Å². The van der Waals surface area contributed by atoms with Gasteiger partial charge in [0.15, 0.2) is 24.0 Å². The van der Waals surface area contributed by atoms with Crippen LogP contribution in [0.5, 0.6) is 11.5 Å². The van der Waals surface area contributed by atoms with Gasteiger partial charge in [0.05, 0.1) is 13.3 Å². The Labute approximate surface area is 134 Å². The Kier molecular flexibility index (Phi) is 5.62. The molecule has 7 heteroatoms. The molecule has 0 aliphatic rings. The molecule has 0 unspecified atom stereocenters. The van der Waals surface area contributed by atoms with Crippen molar-refractivity contribution in [3.05, 3.63) is 42.2 Å². The highest BCUT2D eigenvalue weighted by atomic mass is 16.5. The summed E-state index contributed by atoms with van der Waals surface area (Å²) in [7, 11) is 5.28. The van der Waals surface area contributed by atoms with Crippen LogP contribution in [-0.4, -0.2) is 39.9 Å². The van der Waals surface area contributed by atoms with Crippen LogP contribution in [0.3, 0.4) is 0 Å². The summed E-state index contributed by atoms with van der Waals surface area (Å²) in [6, 6.07) is 10.7. The molecule has 0 aliphatic heterocycles. The molecule has 0 aliphatic carbocycles. The summed E-state index contributed by atoms with van der Waals surface area (Å²) in [4.78, 5) is 13.5. The molecule has 0 bridgehead atoms. The molecule has 1 aromatic heterocycles. The average Bonchev–Trinajstić information content (AvgIpc) is 3.02. The number of hydrazone groups is 1. The summed E-state index contributed by atoms with van der Waals surface area (Å²) < 4.78 is 16.0. The number of nitrogens with one attached hydrogen (secondary N) is 1. The molecule has 7 nitrogen and oxygen atoms in total. The summed E-state index contributed by atoms with van der Waals surface area (Å²) in [5.41, 5.74) is 2.37. The van der Waals surface area contributed by atoms with Crippen LogP contribution in [0, 0.1) is 0 Å². The summed E-state index contributed by atoms with van der Waals surface area (Å²) in [6.45, 7) is -0.168. The summed E-state index contributed by atoms with van der Waals surface area (Å²) in [5.74, 6) is 1.93. The highest BCUT2D eigenvalue weighted by molar-refractivity contribution is 5.81. The van der Waals surface area contributed by atoms with Gasteiger partial charge < -0.3 is 18.8 Å². The van der Waals surface area contributed by atoms with Gasteiger partial charge in [-0.05, 0) is 18.2 Å². The number of anilines is 1. The third kappa shape index (κ3) is 4.77. The molecule has 0 saturated heterocycles. The number of para-hydroxylation sites is 2. The smallest absolute Gasteiger partial charge is 0.277 e. The number of methoxy groups -OCH3 is 1. The number of furan rings is 1. The molecule has 1 amide bonds. The van der Waals surface area contributed by atoms with Gasteiger partial charge in [-0.15, -0.1) is 0 Å². The second-order valence-corrected chi connectivity index (χ2v) is 4.80. The van der Waals surface area contributed by atoms with Crippen molar-refractivity contribution in [3.63, 3.8) is 0 Å². The van der Waals surface area contributed by atoms with E-state index in [0.717, 1.165) is 0 Å². The van der Waals surface area contributed by atoms with Crippen molar-refractivity contribution in [2.75, 3.05) is 32.7 Å². The van der Waals surface area contributed by atoms with Gasteiger partial charge >= 0.3 is 0 Å². The first kappa shape index (κ1) is 16.4. The number of rotatable bonds is 7. The van der Waals surface area contributed by atoms with Gasteiger partial charge in [-0.1, -0.05) is 12.1 Å². The van der Waals surface area contributed by atoms with E-state index < -0.39 is 0 Å². The van der Waals surface area contributed by atoms with Gasteiger partial charge in [0.2, 0.25) is 0 Å². The van der Waals surface area contributed by atoms with E-state index in [2.05, 4.69) is 10.5 Å². The van der Waals surface area contributed by atoms with Gasteiger partial charge in [-0.2, -0.15) is 5.10 Å². The van der Waals surface area contributed by atoms with Crippen molar-refractivity contribution in [3.8, 4) is 11.5 Å². The van der Waals surface area contributed by atoms with E-state index in [-0.39, 0.29) is 12.5 Å². The summed E-state index contributed by atoms with van der Waals surface area (Å²) in [5, 5.41) is 3.82. The van der Waals surface area contributed by atoms with Crippen LogP contribution in [-0.2, 0) is 4.79 Å². The number of ether oxygens (including phenoxy) is 2. The zero-order chi connectivity index (χ0) is 16.7. The Morgan fingerprint density at radius 2 is 2.00 bits per heavy atom. The topological polar surface area (TPSA) is 76.3 Å². The van der Waals surface area contributed by atoms with E-state index in [9.17, 15) is 4.79 Å². The number of hydrogen-bond acceptors (Lipinski definition) is 6. The highest BCUT2D eigenvalue weighted by Crippen LogP contribution is 2.25. The third-order valence-corrected chi connectivity index (χ3v) is 2.86. The first-order valence-electron chi connectivity index (χ1n) is 6.95. The Morgan fingerprint density at radius 3 is 2.65 bits per heavy atom. The maximum atomic E-state index is 11.7. The van der Waals surface area contributed by atoms with E-state index >= 15 is 0 Å². The van der Waals surface area contributed by atoms with Crippen molar-refractivity contribution in [2.24, 2.45) is 5.10 Å². The maximum absolute atomic E-state index is 11.7. The zero-order valence-corrected chi connectivity index (χ0v) is 13.3. The normalized spacial score (nSPS) is 10.6. The lowest BCUT2D eigenvalue weighted by molar-refractivity contribution is -0.123. The molecule has 0 atom stereocenters. The standard InChI is InChI=1S/C16H19N3O4/c1-19(2)16-9-8-12(23-16)10-17-18-15(20)11-22-14-7-5-4-6-13(14)21-3/h4-10H,11H2,1-3H3,(H,18,20)/b17-10+. The summed E-state index contributed by atoms with van der Waals surface area (Å²) >= 11 is 0. The molecule has 0 fully saturated rings. The molecule has 23 heavy (non-hydrogen) atoms. The lowest BCUT2D eigenvalue weighted by atomic mass is 10.3. The number of nitrogens with zero attached hydrogens (tertiary/aromatic N) is 2. The van der Waals surface area contributed by atoms with Crippen LogP contribution in [0.1, 0.15) is 5.76 Å². The Morgan fingerprint density at radius 1 is 1.26 bits per heavy atom. The highest BCUT2D eigenvalue weighted by Gasteiger charge is 2.06. The second kappa shape index (κ2) is 7.88. The minimum Gasteiger partial charge on any atom is -0.493 e. The van der Waals surface area contributed by atoms with Crippen LogP contribution < -0.4 is 19.8 Å². The molecule has 122 valence electrons. The maximum Gasteiger partial charge on any atom is 0.277 e. The van der Waals surface area contributed by atoms with Gasteiger partial charge in [-0.3, -0.25) is 4.79 Å². The van der Waals surface area contributed by atoms with Crippen LogP contribution in [0.4, 0.5) is 5.88 Å². The third-order valence-electron chi connectivity index (χ3n) is 2.86. The number of benzene rings is 1. The van der Waals surface area contributed by atoms with Gasteiger partial charge in [0.1, 0.15) is 5.76 Å². The number of amides is 1. The SMILES string of the molecule is COc1ccccc1OCC(=O)N/N=C/c1ccc(N(C)C)o1. The largest absolute Gasteiger partial charge is 0.493 e. The van der Waals surface area contributed by atoms with Crippen molar-refractivity contribution >= 4 is 18.0 Å². The molecule has 2 rings (SSSR count). The predicted molar refractivity (Wildman–Crippen MR) is 87.3 cm³/mol. The lowest BCUT2D eigenvalue weighted by Crippen LogP contribution is -2.24. The van der Waals surface area contributed by atoms with E-state index in [1.54, 1.807) is 24.3 Å². The lowest BCUT2D eigenvalue weighted by Gasteiger charge is -2.09. The fourth-order valence-corrected chi connectivity index (χ4v) is 1.73. The molecular formula is C16H19N3O4. The zero-order valence-electron chi connectivity index (χ0n) is 13.3. The van der Waals surface area contributed by atoms with Crippen LogP contribution in [0.15, 0.2) is 45.9 Å². The quantitative estimate of drug-likeness (QED) is 0.623. The van der Waals surface area contributed by atoms with Crippen molar-refractivity contribution in [1.82, 2.24) is 5.43 Å². The van der Waals surface area contributed by atoms with Gasteiger partial charge in [0.25, 0.3) is 5.91 Å². The average molecular weight is 317 g/mol.